The van der Waals surface area contributed by atoms with E-state index < -0.39 is 0 Å². The van der Waals surface area contributed by atoms with Crippen molar-refractivity contribution in [3.8, 4) is 0 Å². The maximum absolute atomic E-state index is 12.4. The second-order valence-electron chi connectivity index (χ2n) is 6.62. The summed E-state index contributed by atoms with van der Waals surface area (Å²) in [6, 6.07) is 10.8. The van der Waals surface area contributed by atoms with Gasteiger partial charge in [-0.05, 0) is 24.8 Å². The fraction of sp³-hybridized carbons (Fsp3) is 0.632. The number of benzene rings is 1. The summed E-state index contributed by atoms with van der Waals surface area (Å²) in [5.74, 6) is 2.53. The standard InChI is InChI=1S/C19H28N2O2S.ClH/c22-19(14-17-15-24-13-9-20-17)21-10-6-18(7-11-21)23-12-8-16-4-2-1-3-5-16;/h1-5,17-18,20H,6-15H2;1H. The van der Waals surface area contributed by atoms with Crippen LogP contribution in [0.25, 0.3) is 0 Å². The lowest BCUT2D eigenvalue weighted by molar-refractivity contribution is -0.134. The molecule has 2 saturated heterocycles. The van der Waals surface area contributed by atoms with Crippen LogP contribution in [0.3, 0.4) is 0 Å². The monoisotopic (exact) mass is 384 g/mol. The minimum atomic E-state index is 0. The maximum atomic E-state index is 12.4. The molecule has 6 heteroatoms. The van der Waals surface area contributed by atoms with Gasteiger partial charge in [0.05, 0.1) is 12.7 Å². The first-order chi connectivity index (χ1) is 11.8. The second-order valence-corrected chi connectivity index (χ2v) is 7.77. The van der Waals surface area contributed by atoms with Crippen LogP contribution in [0.5, 0.6) is 0 Å². The van der Waals surface area contributed by atoms with Crippen LogP contribution in [-0.2, 0) is 16.0 Å². The highest BCUT2D eigenvalue weighted by Crippen LogP contribution is 2.17. The summed E-state index contributed by atoms with van der Waals surface area (Å²) in [5, 5.41) is 3.45. The van der Waals surface area contributed by atoms with Gasteiger partial charge in [-0.25, -0.2) is 0 Å². The number of hydrogen-bond acceptors (Lipinski definition) is 4. The lowest BCUT2D eigenvalue weighted by Gasteiger charge is -2.33. The molecule has 0 bridgehead atoms. The fourth-order valence-electron chi connectivity index (χ4n) is 3.35. The normalized spacial score (nSPS) is 21.6. The number of carbonyl (C=O) groups is 1. The molecule has 0 aromatic heterocycles. The van der Waals surface area contributed by atoms with Gasteiger partial charge < -0.3 is 15.0 Å². The highest BCUT2D eigenvalue weighted by atomic mass is 35.5. The molecule has 1 amide bonds. The van der Waals surface area contributed by atoms with Crippen LogP contribution < -0.4 is 5.32 Å². The number of nitrogens with zero attached hydrogens (tertiary/aromatic N) is 1. The molecule has 25 heavy (non-hydrogen) atoms. The molecule has 2 aliphatic heterocycles. The lowest BCUT2D eigenvalue weighted by Crippen LogP contribution is -2.45. The number of rotatable bonds is 6. The smallest absolute Gasteiger partial charge is 0.224 e. The molecule has 2 aliphatic rings. The first-order valence-corrected chi connectivity index (χ1v) is 10.2. The van der Waals surface area contributed by atoms with Crippen molar-refractivity contribution in [1.82, 2.24) is 10.2 Å². The van der Waals surface area contributed by atoms with E-state index in [1.807, 2.05) is 22.7 Å². The summed E-state index contributed by atoms with van der Waals surface area (Å²) in [4.78, 5) is 14.4. The number of ether oxygens (including phenoxy) is 1. The Morgan fingerprint density at radius 3 is 2.68 bits per heavy atom. The number of amides is 1. The first kappa shape index (κ1) is 20.6. The third-order valence-electron chi connectivity index (χ3n) is 4.80. The van der Waals surface area contributed by atoms with Crippen molar-refractivity contribution in [3.05, 3.63) is 35.9 Å². The molecule has 0 spiro atoms. The molecule has 0 radical (unpaired) electrons. The molecule has 0 aliphatic carbocycles. The third-order valence-corrected chi connectivity index (χ3v) is 5.93. The van der Waals surface area contributed by atoms with Gasteiger partial charge in [-0.1, -0.05) is 30.3 Å². The van der Waals surface area contributed by atoms with Gasteiger partial charge >= 0.3 is 0 Å². The summed E-state index contributed by atoms with van der Waals surface area (Å²) >= 11 is 1.95. The van der Waals surface area contributed by atoms with Gasteiger partial charge in [0.25, 0.3) is 0 Å². The number of likely N-dealkylation sites (tertiary alicyclic amines) is 1. The van der Waals surface area contributed by atoms with Crippen LogP contribution in [0.2, 0.25) is 0 Å². The van der Waals surface area contributed by atoms with Gasteiger partial charge in [-0.3, -0.25) is 4.79 Å². The minimum absolute atomic E-state index is 0. The van der Waals surface area contributed by atoms with Gasteiger partial charge in [0, 0.05) is 43.6 Å². The van der Waals surface area contributed by atoms with E-state index in [0.717, 1.165) is 57.0 Å². The molecule has 2 heterocycles. The summed E-state index contributed by atoms with van der Waals surface area (Å²) in [6.07, 6.45) is 3.85. The number of halogens is 1. The Balaban J connectivity index is 0.00000225. The molecule has 1 aromatic rings. The van der Waals surface area contributed by atoms with Crippen molar-refractivity contribution in [2.75, 3.05) is 37.7 Å². The Morgan fingerprint density at radius 1 is 1.24 bits per heavy atom. The van der Waals surface area contributed by atoms with Gasteiger partial charge in [0.1, 0.15) is 0 Å². The van der Waals surface area contributed by atoms with E-state index in [2.05, 4.69) is 29.6 Å². The number of piperidine rings is 1. The lowest BCUT2D eigenvalue weighted by atomic mass is 10.1. The minimum Gasteiger partial charge on any atom is -0.378 e. The highest BCUT2D eigenvalue weighted by molar-refractivity contribution is 7.99. The van der Waals surface area contributed by atoms with E-state index in [0.29, 0.717) is 24.5 Å². The average Bonchev–Trinajstić information content (AvgIpc) is 2.64. The quantitative estimate of drug-likeness (QED) is 0.818. The van der Waals surface area contributed by atoms with Crippen LogP contribution in [0.1, 0.15) is 24.8 Å². The van der Waals surface area contributed by atoms with E-state index in [1.54, 1.807) is 0 Å². The van der Waals surface area contributed by atoms with Gasteiger partial charge in [0.15, 0.2) is 0 Å². The topological polar surface area (TPSA) is 41.6 Å². The Labute approximate surface area is 161 Å². The zero-order valence-corrected chi connectivity index (χ0v) is 16.3. The predicted octanol–water partition coefficient (Wildman–Crippen LogP) is 2.75. The van der Waals surface area contributed by atoms with Gasteiger partial charge in [0.2, 0.25) is 5.91 Å². The average molecular weight is 385 g/mol. The van der Waals surface area contributed by atoms with Crippen LogP contribution in [-0.4, -0.2) is 60.7 Å². The molecule has 3 rings (SSSR count). The molecule has 0 saturated carbocycles. The molecule has 140 valence electrons. The highest BCUT2D eigenvalue weighted by Gasteiger charge is 2.25. The van der Waals surface area contributed by atoms with Crippen LogP contribution >= 0.6 is 24.2 Å². The van der Waals surface area contributed by atoms with Crippen molar-refractivity contribution in [1.29, 1.82) is 0 Å². The van der Waals surface area contributed by atoms with Crippen LogP contribution in [0.4, 0.5) is 0 Å². The molecule has 1 unspecified atom stereocenters. The summed E-state index contributed by atoms with van der Waals surface area (Å²) in [6.45, 7) is 3.48. The molecule has 1 atom stereocenters. The summed E-state index contributed by atoms with van der Waals surface area (Å²) < 4.78 is 6.01. The number of carbonyl (C=O) groups excluding carboxylic acids is 1. The SMILES string of the molecule is Cl.O=C(CC1CSCCN1)N1CCC(OCCc2ccccc2)CC1. The largest absolute Gasteiger partial charge is 0.378 e. The van der Waals surface area contributed by atoms with Gasteiger partial charge in [-0.15, -0.1) is 12.4 Å². The van der Waals surface area contributed by atoms with Crippen molar-refractivity contribution >= 4 is 30.1 Å². The zero-order valence-electron chi connectivity index (χ0n) is 14.7. The molecule has 4 nitrogen and oxygen atoms in total. The second kappa shape index (κ2) is 11.1. The maximum Gasteiger partial charge on any atom is 0.224 e. The molecule has 1 aromatic carbocycles. The Hall–Kier alpha value is -0.750. The van der Waals surface area contributed by atoms with E-state index >= 15 is 0 Å². The summed E-state index contributed by atoms with van der Waals surface area (Å²) in [5.41, 5.74) is 1.32. The molecular weight excluding hydrogens is 356 g/mol. The van der Waals surface area contributed by atoms with Crippen molar-refractivity contribution in [2.24, 2.45) is 0 Å². The number of hydrogen-bond donors (Lipinski definition) is 1. The third kappa shape index (κ3) is 6.81. The Kier molecular flexibility index (Phi) is 9.10. The van der Waals surface area contributed by atoms with E-state index in [9.17, 15) is 4.79 Å². The fourth-order valence-corrected chi connectivity index (χ4v) is 4.30. The molecular formula is C19H29ClN2O2S. The van der Waals surface area contributed by atoms with Crippen LogP contribution in [0, 0.1) is 0 Å². The van der Waals surface area contributed by atoms with Gasteiger partial charge in [-0.2, -0.15) is 11.8 Å². The van der Waals surface area contributed by atoms with Crippen LogP contribution in [0.15, 0.2) is 30.3 Å². The van der Waals surface area contributed by atoms with E-state index in [-0.39, 0.29) is 12.4 Å². The zero-order chi connectivity index (χ0) is 16.6. The Morgan fingerprint density at radius 2 is 2.00 bits per heavy atom. The van der Waals surface area contributed by atoms with Crippen molar-refractivity contribution < 1.29 is 9.53 Å². The molecule has 1 N–H and O–H groups in total. The molecule has 2 fully saturated rings. The number of nitrogens with one attached hydrogen (secondary N) is 1. The Bertz CT molecular complexity index is 503. The predicted molar refractivity (Wildman–Crippen MR) is 107 cm³/mol. The summed E-state index contributed by atoms with van der Waals surface area (Å²) in [7, 11) is 0. The number of thioether (sulfide) groups is 1. The van der Waals surface area contributed by atoms with Crippen molar-refractivity contribution in [3.63, 3.8) is 0 Å². The first-order valence-electron chi connectivity index (χ1n) is 9.05. The van der Waals surface area contributed by atoms with E-state index in [4.69, 9.17) is 4.74 Å². The van der Waals surface area contributed by atoms with E-state index in [1.165, 1.54) is 5.56 Å². The van der Waals surface area contributed by atoms with Crippen molar-refractivity contribution in [2.45, 2.75) is 37.8 Å².